The largest absolute Gasteiger partial charge is 0.508 e. The molecule has 0 spiro atoms. The maximum absolute atomic E-state index is 14.1. The zero-order valence-corrected chi connectivity index (χ0v) is 23.3. The van der Waals surface area contributed by atoms with Crippen molar-refractivity contribution in [2.24, 2.45) is 17.8 Å². The molecule has 0 aromatic heterocycles. The van der Waals surface area contributed by atoms with Gasteiger partial charge in [-0.25, -0.2) is 0 Å². The van der Waals surface area contributed by atoms with Crippen molar-refractivity contribution in [3.8, 4) is 5.75 Å². The first-order valence-electron chi connectivity index (χ1n) is 14.3. The van der Waals surface area contributed by atoms with Crippen molar-refractivity contribution in [1.29, 1.82) is 0 Å². The molecule has 4 atom stereocenters. The van der Waals surface area contributed by atoms with Gasteiger partial charge in [-0.2, -0.15) is 0 Å². The van der Waals surface area contributed by atoms with Gasteiger partial charge in [-0.1, -0.05) is 54.1 Å². The Morgan fingerprint density at radius 2 is 1.56 bits per heavy atom. The molecule has 1 N–H and O–H groups in total. The van der Waals surface area contributed by atoms with Crippen molar-refractivity contribution >= 4 is 34.9 Å². The molecule has 0 saturated carbocycles. The third-order valence-corrected chi connectivity index (χ3v) is 9.19. The molecule has 1 aliphatic heterocycles. The molecule has 0 unspecified atom stereocenters. The minimum absolute atomic E-state index is 0.0328. The number of amides is 2. The first kappa shape index (κ1) is 26.7. The number of aromatic hydroxyl groups is 1. The van der Waals surface area contributed by atoms with Gasteiger partial charge in [0, 0.05) is 33.8 Å². The third kappa shape index (κ3) is 4.14. The number of carbonyl (C=O) groups excluding carboxylic acids is 5. The van der Waals surface area contributed by atoms with Gasteiger partial charge < -0.3 is 5.11 Å². The molecule has 3 aromatic rings. The average molecular weight is 570 g/mol. The summed E-state index contributed by atoms with van der Waals surface area (Å²) in [7, 11) is 0. The Kier molecular flexibility index (Phi) is 6.20. The third-order valence-electron chi connectivity index (χ3n) is 9.19. The van der Waals surface area contributed by atoms with Gasteiger partial charge in [0.15, 0.2) is 17.3 Å². The highest BCUT2D eigenvalue weighted by atomic mass is 16.3. The number of allylic oxidation sites excluding steroid dienone is 6. The highest BCUT2D eigenvalue weighted by molar-refractivity contribution is 6.25. The van der Waals surface area contributed by atoms with Crippen molar-refractivity contribution in [2.45, 2.75) is 25.7 Å². The van der Waals surface area contributed by atoms with Gasteiger partial charge >= 0.3 is 0 Å². The van der Waals surface area contributed by atoms with Crippen LogP contribution in [0.25, 0.3) is 0 Å². The standard InChI is InChI=1S/C36H27NO6/c1-19-16-29(39)28-18-27-25(30(32(28)33(19)40)22-8-5-9-24(38)17-22)14-15-26-31(27)36(43)37(35(26)42)23-12-10-21(11-13-23)34(41)20-6-3-2-4-7-20/h2-14,16-17,26-27,30-31,38H,15,18H2,1H3/t26-,27+,30-,31-/m0/s1. The SMILES string of the molecule is CC1=CC(=O)C2=C(C1=O)[C@@H](c1cccc(O)c1)C1=CC[C@@H]3C(=O)N(c4ccc(C(=O)c5ccccc5)cc4)C(=O)[C@@H]3[C@@H]1C2. The van der Waals surface area contributed by atoms with E-state index in [1.807, 2.05) is 18.2 Å². The Labute approximate surface area is 247 Å². The average Bonchev–Trinajstić information content (AvgIpc) is 3.28. The van der Waals surface area contributed by atoms with Crippen LogP contribution in [-0.2, 0) is 19.2 Å². The molecule has 1 saturated heterocycles. The number of phenolic OH excluding ortho intramolecular Hbond substituents is 1. The molecule has 7 rings (SSSR count). The number of nitrogens with zero attached hydrogens (tertiary/aromatic N) is 1. The zero-order chi connectivity index (χ0) is 30.0. The minimum atomic E-state index is -0.707. The van der Waals surface area contributed by atoms with Gasteiger partial charge in [-0.15, -0.1) is 0 Å². The topological polar surface area (TPSA) is 109 Å². The summed E-state index contributed by atoms with van der Waals surface area (Å²) in [6.45, 7) is 1.62. The molecule has 3 aromatic carbocycles. The van der Waals surface area contributed by atoms with Gasteiger partial charge in [-0.3, -0.25) is 28.9 Å². The van der Waals surface area contributed by atoms with Crippen molar-refractivity contribution < 1.29 is 29.1 Å². The molecule has 3 aliphatic carbocycles. The van der Waals surface area contributed by atoms with Gasteiger partial charge in [0.1, 0.15) is 5.75 Å². The van der Waals surface area contributed by atoms with Crippen LogP contribution in [0.2, 0.25) is 0 Å². The molecule has 1 heterocycles. The summed E-state index contributed by atoms with van der Waals surface area (Å²) in [5.74, 6) is -3.66. The van der Waals surface area contributed by atoms with Crippen LogP contribution in [-0.4, -0.2) is 34.3 Å². The number of carbonyl (C=O) groups is 5. The Morgan fingerprint density at radius 1 is 0.837 bits per heavy atom. The number of imide groups is 1. The second-order valence-electron chi connectivity index (χ2n) is 11.6. The number of anilines is 1. The first-order valence-corrected chi connectivity index (χ1v) is 14.3. The number of rotatable bonds is 4. The van der Waals surface area contributed by atoms with E-state index in [0.717, 1.165) is 5.57 Å². The molecule has 7 heteroatoms. The van der Waals surface area contributed by atoms with Gasteiger partial charge in [0.25, 0.3) is 0 Å². The zero-order valence-electron chi connectivity index (χ0n) is 23.3. The monoisotopic (exact) mass is 569 g/mol. The fraction of sp³-hybridized carbons (Fsp3) is 0.194. The van der Waals surface area contributed by atoms with Crippen LogP contribution in [0.4, 0.5) is 5.69 Å². The fourth-order valence-corrected chi connectivity index (χ4v) is 7.22. The molecule has 43 heavy (non-hydrogen) atoms. The number of benzene rings is 3. The van der Waals surface area contributed by atoms with E-state index < -0.39 is 23.7 Å². The summed E-state index contributed by atoms with van der Waals surface area (Å²) in [5.41, 5.74) is 3.98. The van der Waals surface area contributed by atoms with Crippen molar-refractivity contribution in [2.75, 3.05) is 4.90 Å². The van der Waals surface area contributed by atoms with Crippen molar-refractivity contribution in [1.82, 2.24) is 0 Å². The second kappa shape index (κ2) is 9.98. The van der Waals surface area contributed by atoms with Crippen LogP contribution in [0.15, 0.2) is 113 Å². The van der Waals surface area contributed by atoms with Crippen molar-refractivity contribution in [3.63, 3.8) is 0 Å². The van der Waals surface area contributed by atoms with Gasteiger partial charge in [-0.05, 0) is 73.7 Å². The lowest BCUT2D eigenvalue weighted by atomic mass is 9.59. The Morgan fingerprint density at radius 3 is 2.28 bits per heavy atom. The van der Waals surface area contributed by atoms with E-state index in [1.165, 1.54) is 11.0 Å². The lowest BCUT2D eigenvalue weighted by molar-refractivity contribution is -0.123. The van der Waals surface area contributed by atoms with Crippen LogP contribution in [0.3, 0.4) is 0 Å². The van der Waals surface area contributed by atoms with E-state index in [4.69, 9.17) is 0 Å². The lowest BCUT2D eigenvalue weighted by Gasteiger charge is -2.42. The Bertz CT molecular complexity index is 1850. The highest BCUT2D eigenvalue weighted by Crippen LogP contribution is 2.55. The summed E-state index contributed by atoms with van der Waals surface area (Å²) < 4.78 is 0. The molecule has 1 fully saturated rings. The summed E-state index contributed by atoms with van der Waals surface area (Å²) in [5, 5.41) is 10.3. The highest BCUT2D eigenvalue weighted by Gasteiger charge is 2.56. The molecule has 2 amide bonds. The number of hydrogen-bond donors (Lipinski definition) is 1. The van der Waals surface area contributed by atoms with E-state index in [9.17, 15) is 29.1 Å². The van der Waals surface area contributed by atoms with E-state index in [0.29, 0.717) is 45.5 Å². The number of hydrogen-bond acceptors (Lipinski definition) is 6. The maximum Gasteiger partial charge on any atom is 0.238 e. The predicted molar refractivity (Wildman–Crippen MR) is 158 cm³/mol. The number of Topliss-reactive ketones (excluding diaryl/α,β-unsaturated/α-hetero) is 1. The quantitative estimate of drug-likeness (QED) is 0.199. The number of phenols is 1. The molecule has 212 valence electrons. The van der Waals surface area contributed by atoms with Crippen LogP contribution < -0.4 is 4.90 Å². The van der Waals surface area contributed by atoms with Gasteiger partial charge in [0.2, 0.25) is 11.8 Å². The molecular formula is C36H27NO6. The summed E-state index contributed by atoms with van der Waals surface area (Å²) in [6, 6.07) is 22.0. The van der Waals surface area contributed by atoms with Crippen LogP contribution in [0, 0.1) is 17.8 Å². The van der Waals surface area contributed by atoms with Crippen LogP contribution in [0.5, 0.6) is 5.75 Å². The maximum atomic E-state index is 14.1. The first-order chi connectivity index (χ1) is 20.7. The van der Waals surface area contributed by atoms with Crippen LogP contribution in [0.1, 0.15) is 47.2 Å². The molecule has 0 bridgehead atoms. The van der Waals surface area contributed by atoms with E-state index in [1.54, 1.807) is 73.7 Å². The number of ketones is 3. The smallest absolute Gasteiger partial charge is 0.238 e. The van der Waals surface area contributed by atoms with Gasteiger partial charge in [0.05, 0.1) is 17.5 Å². The van der Waals surface area contributed by atoms with Crippen LogP contribution >= 0.6 is 0 Å². The number of fused-ring (bicyclic) bond motifs is 3. The summed E-state index contributed by atoms with van der Waals surface area (Å²) >= 11 is 0. The molecule has 7 nitrogen and oxygen atoms in total. The van der Waals surface area contributed by atoms with Crippen molar-refractivity contribution in [3.05, 3.63) is 130 Å². The second-order valence-corrected chi connectivity index (χ2v) is 11.6. The predicted octanol–water partition coefficient (Wildman–Crippen LogP) is 5.26. The summed E-state index contributed by atoms with van der Waals surface area (Å²) in [4.78, 5) is 68.7. The van der Waals surface area contributed by atoms with E-state index in [2.05, 4.69) is 0 Å². The molecule has 0 radical (unpaired) electrons. The Hall–Kier alpha value is -5.17. The Balaban J connectivity index is 1.25. The van der Waals surface area contributed by atoms with E-state index >= 15 is 0 Å². The summed E-state index contributed by atoms with van der Waals surface area (Å²) in [6.07, 6.45) is 3.80. The molecule has 4 aliphatic rings. The normalized spacial score (nSPS) is 24.7. The van der Waals surface area contributed by atoms with E-state index in [-0.39, 0.29) is 41.3 Å². The lowest BCUT2D eigenvalue weighted by Crippen LogP contribution is -2.39. The minimum Gasteiger partial charge on any atom is -0.508 e. The molecular weight excluding hydrogens is 542 g/mol. The fourth-order valence-electron chi connectivity index (χ4n) is 7.22.